The first-order valence-corrected chi connectivity index (χ1v) is 8.58. The second kappa shape index (κ2) is 6.70. The molecule has 1 N–H and O–H groups in total. The van der Waals surface area contributed by atoms with Crippen molar-refractivity contribution >= 4 is 21.4 Å². The summed E-state index contributed by atoms with van der Waals surface area (Å²) in [5.74, 6) is 0. The van der Waals surface area contributed by atoms with Crippen LogP contribution in [0.2, 0.25) is 0 Å². The number of nitrogens with one attached hydrogen (secondary N) is 1. The van der Waals surface area contributed by atoms with E-state index < -0.39 is 0 Å². The number of hydrogen-bond acceptors (Lipinski definition) is 3. The lowest BCUT2D eigenvalue weighted by Crippen LogP contribution is -2.44. The second-order valence-electron chi connectivity index (χ2n) is 5.84. The van der Waals surface area contributed by atoms with Gasteiger partial charge in [0, 0.05) is 17.3 Å². The minimum Gasteiger partial charge on any atom is -0.315 e. The van der Waals surface area contributed by atoms with Crippen LogP contribution < -0.4 is 5.32 Å². The molecule has 1 atom stereocenters. The molecular weight excluding hydrogens is 264 g/mol. The number of rotatable bonds is 5. The molecule has 0 radical (unpaired) electrons. The Morgan fingerprint density at radius 1 is 1.35 bits per heavy atom. The average Bonchev–Trinajstić information content (AvgIpc) is 2.92. The van der Waals surface area contributed by atoms with Crippen molar-refractivity contribution in [1.29, 1.82) is 0 Å². The van der Waals surface area contributed by atoms with Gasteiger partial charge in [-0.1, -0.05) is 18.2 Å². The van der Waals surface area contributed by atoms with E-state index in [1.54, 1.807) is 0 Å². The van der Waals surface area contributed by atoms with Crippen LogP contribution in [0.15, 0.2) is 29.6 Å². The van der Waals surface area contributed by atoms with Gasteiger partial charge in [0.2, 0.25) is 0 Å². The number of hydrogen-bond donors (Lipinski definition) is 1. The third-order valence-electron chi connectivity index (χ3n) is 4.41. The van der Waals surface area contributed by atoms with Gasteiger partial charge in [-0.15, -0.1) is 11.3 Å². The molecule has 0 aliphatic carbocycles. The topological polar surface area (TPSA) is 15.3 Å². The van der Waals surface area contributed by atoms with Gasteiger partial charge in [0.25, 0.3) is 0 Å². The lowest BCUT2D eigenvalue weighted by molar-refractivity contribution is 0.201. The van der Waals surface area contributed by atoms with Crippen molar-refractivity contribution in [2.24, 2.45) is 0 Å². The molecule has 108 valence electrons. The number of likely N-dealkylation sites (N-methyl/N-ethyl adjacent to an activating group) is 1. The normalized spacial score (nSPS) is 19.8. The fourth-order valence-electron chi connectivity index (χ4n) is 3.14. The highest BCUT2D eigenvalue weighted by Crippen LogP contribution is 2.26. The van der Waals surface area contributed by atoms with Gasteiger partial charge in [0.05, 0.1) is 0 Å². The Morgan fingerprint density at radius 2 is 2.25 bits per heavy atom. The molecule has 2 aromatic rings. The highest BCUT2D eigenvalue weighted by Gasteiger charge is 2.17. The first-order chi connectivity index (χ1) is 9.84. The summed E-state index contributed by atoms with van der Waals surface area (Å²) in [6.07, 6.45) is 5.14. The quantitative estimate of drug-likeness (QED) is 0.905. The maximum Gasteiger partial charge on any atom is 0.0345 e. The number of fused-ring (bicyclic) bond motifs is 1. The molecule has 0 amide bonds. The SMILES string of the molecule is CN(CCCc1csc2ccccc12)C1CCCNC1. The van der Waals surface area contributed by atoms with Crippen LogP contribution in [0.4, 0.5) is 0 Å². The van der Waals surface area contributed by atoms with Crippen molar-refractivity contribution in [3.05, 3.63) is 35.2 Å². The van der Waals surface area contributed by atoms with Crippen molar-refractivity contribution < 1.29 is 0 Å². The number of aryl methyl sites for hydroxylation is 1. The smallest absolute Gasteiger partial charge is 0.0345 e. The molecule has 1 fully saturated rings. The van der Waals surface area contributed by atoms with Crippen molar-refractivity contribution in [1.82, 2.24) is 10.2 Å². The Balaban J connectivity index is 1.52. The number of benzene rings is 1. The number of piperidine rings is 1. The van der Waals surface area contributed by atoms with Gasteiger partial charge in [-0.05, 0) is 68.2 Å². The summed E-state index contributed by atoms with van der Waals surface area (Å²) in [5, 5.41) is 7.30. The third kappa shape index (κ3) is 3.22. The standard InChI is InChI=1S/C17H24N2S/c1-19(15-7-4-10-18-12-15)11-5-6-14-13-20-17-9-3-2-8-16(14)17/h2-3,8-9,13,15,18H,4-7,10-12H2,1H3. The molecule has 2 heterocycles. The van der Waals surface area contributed by atoms with E-state index in [2.05, 4.69) is 46.9 Å². The monoisotopic (exact) mass is 288 g/mol. The van der Waals surface area contributed by atoms with E-state index in [1.807, 2.05) is 11.3 Å². The van der Waals surface area contributed by atoms with E-state index in [0.29, 0.717) is 0 Å². The molecule has 1 unspecified atom stereocenters. The summed E-state index contributed by atoms with van der Waals surface area (Å²) in [5.41, 5.74) is 1.53. The number of nitrogens with zero attached hydrogens (tertiary/aromatic N) is 1. The first kappa shape index (κ1) is 14.1. The molecule has 1 aliphatic heterocycles. The highest BCUT2D eigenvalue weighted by molar-refractivity contribution is 7.17. The van der Waals surface area contributed by atoms with E-state index in [9.17, 15) is 0 Å². The van der Waals surface area contributed by atoms with Crippen LogP contribution in [0.1, 0.15) is 24.8 Å². The largest absolute Gasteiger partial charge is 0.315 e. The van der Waals surface area contributed by atoms with E-state index in [-0.39, 0.29) is 0 Å². The lowest BCUT2D eigenvalue weighted by Gasteiger charge is -2.31. The summed E-state index contributed by atoms with van der Waals surface area (Å²) in [4.78, 5) is 2.54. The van der Waals surface area contributed by atoms with Gasteiger partial charge in [-0.25, -0.2) is 0 Å². The van der Waals surface area contributed by atoms with Crippen LogP contribution in [0, 0.1) is 0 Å². The molecule has 0 bridgehead atoms. The van der Waals surface area contributed by atoms with Gasteiger partial charge in [-0.3, -0.25) is 0 Å². The van der Waals surface area contributed by atoms with Gasteiger partial charge in [0.15, 0.2) is 0 Å². The van der Waals surface area contributed by atoms with Gasteiger partial charge >= 0.3 is 0 Å². The van der Waals surface area contributed by atoms with Crippen LogP contribution in [0.5, 0.6) is 0 Å². The summed E-state index contributed by atoms with van der Waals surface area (Å²) in [7, 11) is 2.28. The van der Waals surface area contributed by atoms with Crippen LogP contribution in [0.3, 0.4) is 0 Å². The molecule has 0 spiro atoms. The minimum absolute atomic E-state index is 0.739. The summed E-state index contributed by atoms with van der Waals surface area (Å²) in [6, 6.07) is 9.51. The summed E-state index contributed by atoms with van der Waals surface area (Å²) in [6.45, 7) is 3.57. The van der Waals surface area contributed by atoms with Crippen molar-refractivity contribution in [2.75, 3.05) is 26.7 Å². The zero-order valence-electron chi connectivity index (χ0n) is 12.3. The summed E-state index contributed by atoms with van der Waals surface area (Å²) < 4.78 is 1.42. The molecule has 3 rings (SSSR count). The number of thiophene rings is 1. The molecule has 1 aromatic heterocycles. The Bertz CT molecular complexity index is 543. The van der Waals surface area contributed by atoms with Crippen LogP contribution in [0.25, 0.3) is 10.1 Å². The zero-order chi connectivity index (χ0) is 13.8. The molecule has 20 heavy (non-hydrogen) atoms. The maximum atomic E-state index is 3.50. The van der Waals surface area contributed by atoms with Crippen LogP contribution in [-0.4, -0.2) is 37.6 Å². The highest BCUT2D eigenvalue weighted by atomic mass is 32.1. The Morgan fingerprint density at radius 3 is 3.10 bits per heavy atom. The van der Waals surface area contributed by atoms with Gasteiger partial charge in [-0.2, -0.15) is 0 Å². The molecule has 1 saturated heterocycles. The first-order valence-electron chi connectivity index (χ1n) is 7.70. The third-order valence-corrected chi connectivity index (χ3v) is 5.42. The van der Waals surface area contributed by atoms with Crippen molar-refractivity contribution in [3.8, 4) is 0 Å². The lowest BCUT2D eigenvalue weighted by atomic mass is 10.0. The molecule has 1 aliphatic rings. The molecule has 1 aromatic carbocycles. The minimum atomic E-state index is 0.739. The van der Waals surface area contributed by atoms with Gasteiger partial charge < -0.3 is 10.2 Å². The van der Waals surface area contributed by atoms with E-state index >= 15 is 0 Å². The predicted molar refractivity (Wildman–Crippen MR) is 88.7 cm³/mol. The molecule has 2 nitrogen and oxygen atoms in total. The van der Waals surface area contributed by atoms with Crippen LogP contribution in [-0.2, 0) is 6.42 Å². The predicted octanol–water partition coefficient (Wildman–Crippen LogP) is 3.52. The molecule has 3 heteroatoms. The second-order valence-corrected chi connectivity index (χ2v) is 6.75. The maximum absolute atomic E-state index is 3.50. The Kier molecular flexibility index (Phi) is 4.71. The van der Waals surface area contributed by atoms with Gasteiger partial charge in [0.1, 0.15) is 0 Å². The van der Waals surface area contributed by atoms with E-state index in [0.717, 1.165) is 12.6 Å². The van der Waals surface area contributed by atoms with Crippen molar-refractivity contribution in [3.63, 3.8) is 0 Å². The van der Waals surface area contributed by atoms with Crippen molar-refractivity contribution in [2.45, 2.75) is 31.7 Å². The fourth-order valence-corrected chi connectivity index (χ4v) is 4.13. The van der Waals surface area contributed by atoms with Crippen LogP contribution >= 0.6 is 11.3 Å². The van der Waals surface area contributed by atoms with E-state index in [4.69, 9.17) is 0 Å². The average molecular weight is 288 g/mol. The van der Waals surface area contributed by atoms with E-state index in [1.165, 1.54) is 54.4 Å². The Hall–Kier alpha value is -0.900. The zero-order valence-corrected chi connectivity index (χ0v) is 13.1. The summed E-state index contributed by atoms with van der Waals surface area (Å²) >= 11 is 1.88. The molecular formula is C17H24N2S. The molecule has 0 saturated carbocycles. The fraction of sp³-hybridized carbons (Fsp3) is 0.529. The Labute approximate surface area is 125 Å².